The van der Waals surface area contributed by atoms with E-state index in [1.54, 1.807) is 31.9 Å². The Kier molecular flexibility index (Phi) is 11.3. The largest absolute Gasteiger partial charge is 0.495 e. The first kappa shape index (κ1) is 32.8. The van der Waals surface area contributed by atoms with Crippen LogP contribution in [0.1, 0.15) is 55.5 Å². The number of carbonyl (C=O) groups is 1. The standard InChI is InChI=1S/C28H34F4N5O4P/c1-6-10-17(11-7-2)34-25(38)18-14-24(40-4)21(15-20(18)29)35-27-33-16-19(28(30,31)32)26(36-27)41-23-13-9-8-12-22(23)37(3)42(5)39/h8-9,12-17,39H,6-7,10-11H2,1-5H3,(H,34,38)(H,33,35,36). The molecule has 9 nitrogen and oxygen atoms in total. The first-order chi connectivity index (χ1) is 19.9. The van der Waals surface area contributed by atoms with Crippen LogP contribution in [-0.2, 0) is 6.18 Å². The normalized spacial score (nSPS) is 12.2. The maximum absolute atomic E-state index is 15.1. The second kappa shape index (κ2) is 14.5. The van der Waals surface area contributed by atoms with E-state index in [9.17, 15) is 22.9 Å². The molecule has 1 heterocycles. The van der Waals surface area contributed by atoms with Crippen LogP contribution in [0.3, 0.4) is 0 Å². The summed E-state index contributed by atoms with van der Waals surface area (Å²) in [6.07, 6.45) is -1.12. The third-order valence-electron chi connectivity index (χ3n) is 6.30. The van der Waals surface area contributed by atoms with Crippen LogP contribution in [-0.4, -0.2) is 47.6 Å². The predicted octanol–water partition coefficient (Wildman–Crippen LogP) is 7.25. The minimum Gasteiger partial charge on any atom is -0.495 e. The predicted molar refractivity (Wildman–Crippen MR) is 154 cm³/mol. The van der Waals surface area contributed by atoms with Crippen LogP contribution in [0, 0.1) is 5.82 Å². The van der Waals surface area contributed by atoms with E-state index < -0.39 is 37.6 Å². The quantitative estimate of drug-likeness (QED) is 0.137. The number of carbonyl (C=O) groups excluding carboxylic acids is 1. The number of para-hydroxylation sites is 2. The van der Waals surface area contributed by atoms with Crippen molar-refractivity contribution >= 4 is 31.5 Å². The number of benzene rings is 2. The van der Waals surface area contributed by atoms with Crippen LogP contribution in [0.4, 0.5) is 34.9 Å². The number of methoxy groups -OCH3 is 1. The van der Waals surface area contributed by atoms with Crippen molar-refractivity contribution in [3.63, 3.8) is 0 Å². The van der Waals surface area contributed by atoms with Gasteiger partial charge in [-0.15, -0.1) is 0 Å². The van der Waals surface area contributed by atoms with Crippen molar-refractivity contribution in [1.29, 1.82) is 0 Å². The number of halogens is 4. The van der Waals surface area contributed by atoms with E-state index in [0.717, 1.165) is 31.7 Å². The van der Waals surface area contributed by atoms with Gasteiger partial charge in [-0.3, -0.25) is 4.79 Å². The Balaban J connectivity index is 1.96. The Morgan fingerprint density at radius 2 is 1.81 bits per heavy atom. The number of anilines is 3. The average molecular weight is 612 g/mol. The van der Waals surface area contributed by atoms with Crippen LogP contribution in [0.5, 0.6) is 17.4 Å². The fourth-order valence-electron chi connectivity index (χ4n) is 4.13. The van der Waals surface area contributed by atoms with Crippen LogP contribution in [0.25, 0.3) is 0 Å². The molecule has 0 bridgehead atoms. The molecule has 3 N–H and O–H groups in total. The molecule has 0 aliphatic carbocycles. The van der Waals surface area contributed by atoms with Gasteiger partial charge in [-0.05, 0) is 37.7 Å². The summed E-state index contributed by atoms with van der Waals surface area (Å²) in [6.45, 7) is 5.54. The number of aromatic nitrogens is 2. The number of amides is 1. The Morgan fingerprint density at radius 3 is 2.40 bits per heavy atom. The summed E-state index contributed by atoms with van der Waals surface area (Å²) in [5.74, 6) is -2.57. The summed E-state index contributed by atoms with van der Waals surface area (Å²) < 4.78 is 69.1. The van der Waals surface area contributed by atoms with Gasteiger partial charge in [-0.1, -0.05) is 38.8 Å². The molecule has 0 saturated carbocycles. The van der Waals surface area contributed by atoms with Crippen molar-refractivity contribution in [1.82, 2.24) is 15.3 Å². The van der Waals surface area contributed by atoms with Crippen LogP contribution < -0.4 is 24.8 Å². The lowest BCUT2D eigenvalue weighted by molar-refractivity contribution is -0.139. The van der Waals surface area contributed by atoms with Crippen LogP contribution >= 0.6 is 8.30 Å². The molecule has 228 valence electrons. The molecular weight excluding hydrogens is 577 g/mol. The summed E-state index contributed by atoms with van der Waals surface area (Å²) in [7, 11) is 1.26. The molecule has 0 saturated heterocycles. The van der Waals surface area contributed by atoms with Gasteiger partial charge in [0.2, 0.25) is 11.8 Å². The Bertz CT molecular complexity index is 1370. The summed E-state index contributed by atoms with van der Waals surface area (Å²) in [6, 6.07) is 8.30. The zero-order valence-electron chi connectivity index (χ0n) is 23.9. The maximum atomic E-state index is 15.1. The Morgan fingerprint density at radius 1 is 1.14 bits per heavy atom. The number of nitrogens with one attached hydrogen (secondary N) is 2. The highest BCUT2D eigenvalue weighted by molar-refractivity contribution is 7.52. The van der Waals surface area contributed by atoms with Crippen molar-refractivity contribution in [2.24, 2.45) is 0 Å². The molecule has 3 rings (SSSR count). The molecule has 1 amide bonds. The fraction of sp³-hybridized carbons (Fsp3) is 0.393. The smallest absolute Gasteiger partial charge is 0.423 e. The number of nitrogens with zero attached hydrogens (tertiary/aromatic N) is 3. The van der Waals surface area contributed by atoms with Crippen LogP contribution in [0.15, 0.2) is 42.6 Å². The van der Waals surface area contributed by atoms with Gasteiger partial charge in [0.1, 0.15) is 25.4 Å². The second-order valence-corrected chi connectivity index (χ2v) is 11.0. The molecule has 2 aromatic carbocycles. The van der Waals surface area contributed by atoms with Gasteiger partial charge < -0.3 is 29.7 Å². The lowest BCUT2D eigenvalue weighted by Crippen LogP contribution is -2.35. The van der Waals surface area contributed by atoms with Crippen LogP contribution in [0.2, 0.25) is 0 Å². The fourth-order valence-corrected chi connectivity index (χ4v) is 4.61. The molecule has 1 aromatic heterocycles. The SMILES string of the molecule is CCCC(CCC)NC(=O)c1cc(OC)c(Nc2ncc(C(F)(F)F)c(Oc3ccccc3N(C)P(C)O)n2)cc1F. The molecule has 0 fully saturated rings. The molecule has 42 heavy (non-hydrogen) atoms. The van der Waals surface area contributed by atoms with Gasteiger partial charge in [-0.2, -0.15) is 18.2 Å². The monoisotopic (exact) mass is 611 g/mol. The topological polar surface area (TPSA) is 109 Å². The molecule has 0 aliphatic heterocycles. The zero-order chi connectivity index (χ0) is 31.0. The number of rotatable bonds is 13. The summed E-state index contributed by atoms with van der Waals surface area (Å²) in [5, 5.41) is 5.50. The van der Waals surface area contributed by atoms with Crippen molar-refractivity contribution < 1.29 is 36.7 Å². The van der Waals surface area contributed by atoms with E-state index in [1.807, 2.05) is 13.8 Å². The third-order valence-corrected chi connectivity index (χ3v) is 7.39. The van der Waals surface area contributed by atoms with Gasteiger partial charge in [0.05, 0.1) is 24.0 Å². The van der Waals surface area contributed by atoms with E-state index in [4.69, 9.17) is 9.47 Å². The Hall–Kier alpha value is -3.70. The molecule has 0 aliphatic rings. The molecule has 1 unspecified atom stereocenters. The molecule has 0 spiro atoms. The average Bonchev–Trinajstić information content (AvgIpc) is 2.92. The summed E-state index contributed by atoms with van der Waals surface area (Å²) in [5.41, 5.74) is -1.17. The molecule has 14 heteroatoms. The van der Waals surface area contributed by atoms with Crippen molar-refractivity contribution in [3.05, 3.63) is 59.5 Å². The highest BCUT2D eigenvalue weighted by Gasteiger charge is 2.37. The summed E-state index contributed by atoms with van der Waals surface area (Å²) in [4.78, 5) is 30.5. The number of hydrogen-bond donors (Lipinski definition) is 3. The zero-order valence-corrected chi connectivity index (χ0v) is 24.8. The van der Waals surface area contributed by atoms with E-state index >= 15 is 4.39 Å². The van der Waals surface area contributed by atoms with Crippen molar-refractivity contribution in [2.75, 3.05) is 30.8 Å². The minimum absolute atomic E-state index is 0.0157. The molecule has 1 atom stereocenters. The highest BCUT2D eigenvalue weighted by atomic mass is 31.2. The molecular formula is C28H34F4N5O4P. The minimum atomic E-state index is -4.85. The molecule has 0 radical (unpaired) electrons. The number of alkyl halides is 3. The first-order valence-corrected chi connectivity index (χ1v) is 14.9. The van der Waals surface area contributed by atoms with Crippen molar-refractivity contribution in [2.45, 2.75) is 51.7 Å². The molecule has 3 aromatic rings. The second-order valence-electron chi connectivity index (χ2n) is 9.40. The third kappa shape index (κ3) is 8.19. The van der Waals surface area contributed by atoms with Gasteiger partial charge in [0.25, 0.3) is 5.91 Å². The first-order valence-electron chi connectivity index (χ1n) is 13.2. The van der Waals surface area contributed by atoms with Crippen molar-refractivity contribution in [3.8, 4) is 17.4 Å². The van der Waals surface area contributed by atoms with E-state index in [0.29, 0.717) is 11.9 Å². The number of hydrogen-bond acceptors (Lipinski definition) is 8. The van der Waals surface area contributed by atoms with E-state index in [2.05, 4.69) is 20.6 Å². The van der Waals surface area contributed by atoms with Gasteiger partial charge in [0.15, 0.2) is 5.75 Å². The van der Waals surface area contributed by atoms with Gasteiger partial charge in [0, 0.05) is 25.4 Å². The lowest BCUT2D eigenvalue weighted by atomic mass is 10.1. The van der Waals surface area contributed by atoms with E-state index in [1.165, 1.54) is 23.9 Å². The van der Waals surface area contributed by atoms with E-state index in [-0.39, 0.29) is 34.7 Å². The van der Waals surface area contributed by atoms with Gasteiger partial charge in [-0.25, -0.2) is 9.37 Å². The summed E-state index contributed by atoms with van der Waals surface area (Å²) >= 11 is 0. The Labute approximate surface area is 243 Å². The highest BCUT2D eigenvalue weighted by Crippen LogP contribution is 2.43. The van der Waals surface area contributed by atoms with Gasteiger partial charge >= 0.3 is 6.18 Å². The number of ether oxygens (including phenoxy) is 2. The lowest BCUT2D eigenvalue weighted by Gasteiger charge is -2.24. The maximum Gasteiger partial charge on any atom is 0.423 e.